The van der Waals surface area contributed by atoms with Gasteiger partial charge in [-0.05, 0) is 42.5 Å². The minimum atomic E-state index is -0.639. The van der Waals surface area contributed by atoms with Gasteiger partial charge in [0.05, 0.1) is 5.52 Å². The molecule has 154 valence electrons. The van der Waals surface area contributed by atoms with Crippen LogP contribution in [0.4, 0.5) is 0 Å². The number of aliphatic hydroxyl groups is 1. The average molecular weight is 415 g/mol. The summed E-state index contributed by atoms with van der Waals surface area (Å²) in [6.45, 7) is 0.614. The zero-order valence-electron chi connectivity index (χ0n) is 16.5. The van der Waals surface area contributed by atoms with Gasteiger partial charge in [0.1, 0.15) is 18.5 Å². The molecule has 1 aromatic heterocycles. The number of hydrogen-bond donors (Lipinski definition) is 2. The number of ether oxygens (including phenoxy) is 1. The van der Waals surface area contributed by atoms with Crippen molar-refractivity contribution in [3.8, 4) is 5.75 Å². The number of rotatable bonds is 6. The summed E-state index contributed by atoms with van der Waals surface area (Å²) in [5, 5.41) is 14.7. The zero-order chi connectivity index (χ0) is 19.5. The first-order chi connectivity index (χ1) is 13.6. The van der Waals surface area contributed by atoms with E-state index in [-0.39, 0.29) is 24.6 Å². The fourth-order valence-corrected chi connectivity index (χ4v) is 3.92. The van der Waals surface area contributed by atoms with Crippen LogP contribution in [0.25, 0.3) is 10.9 Å². The highest BCUT2D eigenvalue weighted by molar-refractivity contribution is 5.85. The Hall–Kier alpha value is -2.34. The number of fused-ring (bicyclic) bond motifs is 2. The summed E-state index contributed by atoms with van der Waals surface area (Å²) in [6, 6.07) is 18.0. The van der Waals surface area contributed by atoms with Crippen LogP contribution in [0.2, 0.25) is 0 Å². The van der Waals surface area contributed by atoms with E-state index in [9.17, 15) is 9.90 Å². The third-order valence-corrected chi connectivity index (χ3v) is 5.54. The first-order valence-corrected chi connectivity index (χ1v) is 9.81. The molecule has 0 saturated carbocycles. The molecule has 2 atom stereocenters. The number of pyridine rings is 1. The van der Waals surface area contributed by atoms with Gasteiger partial charge in [-0.2, -0.15) is 0 Å². The normalized spacial score (nSPS) is 16.7. The Kier molecular flexibility index (Phi) is 6.96. The number of nitrogens with one attached hydrogen (secondary N) is 1. The first-order valence-electron chi connectivity index (χ1n) is 9.81. The highest BCUT2D eigenvalue weighted by Crippen LogP contribution is 2.23. The zero-order valence-corrected chi connectivity index (χ0v) is 17.3. The van der Waals surface area contributed by atoms with Crippen molar-refractivity contribution in [2.24, 2.45) is 7.05 Å². The third kappa shape index (κ3) is 4.81. The lowest BCUT2D eigenvalue weighted by atomic mass is 9.88. The van der Waals surface area contributed by atoms with E-state index in [1.165, 1.54) is 17.2 Å². The topological polar surface area (TPSA) is 63.5 Å². The van der Waals surface area contributed by atoms with Gasteiger partial charge in [0.25, 0.3) is 5.56 Å². The number of aryl methyl sites for hydroxylation is 2. The van der Waals surface area contributed by atoms with Crippen molar-refractivity contribution in [2.45, 2.75) is 31.4 Å². The second kappa shape index (κ2) is 9.44. The maximum atomic E-state index is 12.1. The molecule has 0 aliphatic heterocycles. The van der Waals surface area contributed by atoms with Crippen LogP contribution in [0.3, 0.4) is 0 Å². The van der Waals surface area contributed by atoms with Crippen LogP contribution in [0.5, 0.6) is 5.75 Å². The van der Waals surface area contributed by atoms with E-state index < -0.39 is 6.10 Å². The average Bonchev–Trinajstić information content (AvgIpc) is 2.73. The standard InChI is InChI=1S/C23H26N2O3.ClH/c1-25-21-9-5-4-8-20(21)22(13-23(25)27)28-15-19(26)14-24-18-11-10-16-6-2-3-7-17(16)12-18;/h2-9,13,18-19,24,26H,10-12,14-15H2,1H3;1H. The number of halogens is 1. The van der Waals surface area contributed by atoms with Gasteiger partial charge in [0, 0.05) is 31.1 Å². The van der Waals surface area contributed by atoms with E-state index in [2.05, 4.69) is 29.6 Å². The molecule has 0 fully saturated rings. The van der Waals surface area contributed by atoms with Gasteiger partial charge in [-0.25, -0.2) is 0 Å². The summed E-state index contributed by atoms with van der Waals surface area (Å²) in [6.07, 6.45) is 2.49. The Morgan fingerprint density at radius 3 is 2.72 bits per heavy atom. The van der Waals surface area contributed by atoms with Crippen molar-refractivity contribution in [1.29, 1.82) is 0 Å². The molecular formula is C23H27ClN2O3. The van der Waals surface area contributed by atoms with Crippen LogP contribution in [0.1, 0.15) is 17.5 Å². The van der Waals surface area contributed by atoms with Gasteiger partial charge in [0.15, 0.2) is 0 Å². The lowest BCUT2D eigenvalue weighted by molar-refractivity contribution is 0.103. The molecule has 1 aliphatic carbocycles. The highest BCUT2D eigenvalue weighted by Gasteiger charge is 2.19. The minimum absolute atomic E-state index is 0. The molecule has 29 heavy (non-hydrogen) atoms. The molecule has 5 nitrogen and oxygen atoms in total. The molecule has 0 amide bonds. The molecule has 1 heterocycles. The molecular weight excluding hydrogens is 388 g/mol. The Morgan fingerprint density at radius 2 is 1.90 bits per heavy atom. The second-order valence-electron chi connectivity index (χ2n) is 7.50. The summed E-state index contributed by atoms with van der Waals surface area (Å²) in [5.74, 6) is 0.518. The van der Waals surface area contributed by atoms with Crippen LogP contribution in [-0.2, 0) is 19.9 Å². The Labute approximate surface area is 176 Å². The van der Waals surface area contributed by atoms with Crippen molar-refractivity contribution in [2.75, 3.05) is 13.2 Å². The van der Waals surface area contributed by atoms with E-state index >= 15 is 0 Å². The lowest BCUT2D eigenvalue weighted by Crippen LogP contribution is -2.40. The summed E-state index contributed by atoms with van der Waals surface area (Å²) in [4.78, 5) is 12.1. The molecule has 2 N–H and O–H groups in total. The molecule has 3 aromatic rings. The third-order valence-electron chi connectivity index (χ3n) is 5.54. The minimum Gasteiger partial charge on any atom is -0.490 e. The van der Waals surface area contributed by atoms with E-state index in [1.807, 2.05) is 24.3 Å². The number of para-hydroxylation sites is 1. The summed E-state index contributed by atoms with van der Waals surface area (Å²) in [5.41, 5.74) is 3.52. The van der Waals surface area contributed by atoms with Gasteiger partial charge in [0.2, 0.25) is 0 Å². The SMILES string of the molecule is Cl.Cn1c(=O)cc(OCC(O)CNC2CCc3ccccc3C2)c2ccccc21. The van der Waals surface area contributed by atoms with E-state index in [0.29, 0.717) is 18.3 Å². The molecule has 0 bridgehead atoms. The van der Waals surface area contributed by atoms with Crippen molar-refractivity contribution in [3.05, 3.63) is 76.1 Å². The number of benzene rings is 2. The quantitative estimate of drug-likeness (QED) is 0.651. The first kappa shape index (κ1) is 21.4. The Balaban J connectivity index is 0.00000240. The maximum absolute atomic E-state index is 12.1. The van der Waals surface area contributed by atoms with Gasteiger partial charge in [-0.15, -0.1) is 12.4 Å². The fraction of sp³-hybridized carbons (Fsp3) is 0.348. The molecule has 0 radical (unpaired) electrons. The smallest absolute Gasteiger partial charge is 0.254 e. The van der Waals surface area contributed by atoms with Crippen molar-refractivity contribution < 1.29 is 9.84 Å². The molecule has 4 rings (SSSR count). The van der Waals surface area contributed by atoms with Gasteiger partial charge in [-0.3, -0.25) is 4.79 Å². The van der Waals surface area contributed by atoms with Crippen LogP contribution in [0.15, 0.2) is 59.4 Å². The molecule has 0 spiro atoms. The fourth-order valence-electron chi connectivity index (χ4n) is 3.92. The van der Waals surface area contributed by atoms with E-state index in [1.54, 1.807) is 11.6 Å². The van der Waals surface area contributed by atoms with Crippen LogP contribution in [0, 0.1) is 0 Å². The summed E-state index contributed by atoms with van der Waals surface area (Å²) >= 11 is 0. The van der Waals surface area contributed by atoms with Gasteiger partial charge >= 0.3 is 0 Å². The van der Waals surface area contributed by atoms with Gasteiger partial charge < -0.3 is 19.7 Å². The monoisotopic (exact) mass is 414 g/mol. The number of hydrogen-bond acceptors (Lipinski definition) is 4. The number of nitrogens with zero attached hydrogens (tertiary/aromatic N) is 1. The predicted octanol–water partition coefficient (Wildman–Crippen LogP) is 2.85. The maximum Gasteiger partial charge on any atom is 0.254 e. The lowest BCUT2D eigenvalue weighted by Gasteiger charge is -2.26. The highest BCUT2D eigenvalue weighted by atomic mass is 35.5. The second-order valence-corrected chi connectivity index (χ2v) is 7.50. The van der Waals surface area contributed by atoms with Crippen molar-refractivity contribution >= 4 is 23.3 Å². The Morgan fingerprint density at radius 1 is 1.17 bits per heavy atom. The molecule has 0 saturated heterocycles. The van der Waals surface area contributed by atoms with Crippen LogP contribution < -0.4 is 15.6 Å². The van der Waals surface area contributed by atoms with E-state index in [4.69, 9.17) is 4.74 Å². The van der Waals surface area contributed by atoms with E-state index in [0.717, 1.165) is 30.2 Å². The molecule has 2 unspecified atom stereocenters. The molecule has 2 aromatic carbocycles. The summed E-state index contributed by atoms with van der Waals surface area (Å²) in [7, 11) is 1.75. The Bertz CT molecular complexity index is 1030. The number of aliphatic hydroxyl groups excluding tert-OH is 1. The molecule has 1 aliphatic rings. The van der Waals surface area contributed by atoms with Gasteiger partial charge in [-0.1, -0.05) is 36.4 Å². The summed E-state index contributed by atoms with van der Waals surface area (Å²) < 4.78 is 7.41. The molecule has 6 heteroatoms. The largest absolute Gasteiger partial charge is 0.490 e. The van der Waals surface area contributed by atoms with Crippen molar-refractivity contribution in [1.82, 2.24) is 9.88 Å². The van der Waals surface area contributed by atoms with Crippen LogP contribution >= 0.6 is 12.4 Å². The predicted molar refractivity (Wildman–Crippen MR) is 118 cm³/mol. The van der Waals surface area contributed by atoms with Crippen LogP contribution in [-0.4, -0.2) is 35.0 Å². The number of aromatic nitrogens is 1. The van der Waals surface area contributed by atoms with Crippen molar-refractivity contribution in [3.63, 3.8) is 0 Å².